The summed E-state index contributed by atoms with van der Waals surface area (Å²) in [6.45, 7) is 3.82. The van der Waals surface area contributed by atoms with Crippen LogP contribution in [0.5, 0.6) is 0 Å². The number of aliphatic hydroxyl groups excluding tert-OH is 1. The highest BCUT2D eigenvalue weighted by Crippen LogP contribution is 2.46. The number of amides is 1. The Kier molecular flexibility index (Phi) is 5.15. The number of fused-ring (bicyclic) bond motifs is 3. The molecule has 2 aliphatic rings. The highest BCUT2D eigenvalue weighted by atomic mass is 16.5. The number of carbonyl (C=O) groups excluding carboxylic acids is 1. The van der Waals surface area contributed by atoms with Crippen molar-refractivity contribution in [1.29, 1.82) is 0 Å². The zero-order valence-corrected chi connectivity index (χ0v) is 16.4. The maximum Gasteiger partial charge on any atom is 0.340 e. The van der Waals surface area contributed by atoms with Gasteiger partial charge in [-0.3, -0.25) is 4.79 Å². The number of ether oxygens (including phenoxy) is 1. The highest BCUT2D eigenvalue weighted by molar-refractivity contribution is 5.79. The van der Waals surface area contributed by atoms with Gasteiger partial charge in [0.25, 0.3) is 0 Å². The zero-order chi connectivity index (χ0) is 20.5. The molecule has 0 saturated carbocycles. The van der Waals surface area contributed by atoms with Crippen LogP contribution in [0.2, 0.25) is 0 Å². The molecule has 7 nitrogen and oxygen atoms in total. The SMILES string of the molecule is CCC(O)CNC(=O)Cc1c(C)c2c(oc1=O)C=CC1C(n3cccc3)=COC21. The van der Waals surface area contributed by atoms with Crippen molar-refractivity contribution in [2.45, 2.75) is 38.9 Å². The van der Waals surface area contributed by atoms with Gasteiger partial charge in [0.05, 0.1) is 29.7 Å². The van der Waals surface area contributed by atoms with Gasteiger partial charge in [0.2, 0.25) is 5.91 Å². The average Bonchev–Trinajstić information content (AvgIpc) is 3.38. The molecule has 7 heteroatoms. The van der Waals surface area contributed by atoms with Gasteiger partial charge >= 0.3 is 5.63 Å². The summed E-state index contributed by atoms with van der Waals surface area (Å²) in [6, 6.07) is 3.90. The van der Waals surface area contributed by atoms with E-state index in [0.717, 1.165) is 11.3 Å². The number of aliphatic hydroxyl groups is 1. The Balaban J connectivity index is 1.61. The maximum atomic E-state index is 12.5. The number of carbonyl (C=O) groups is 1. The largest absolute Gasteiger partial charge is 0.490 e. The fourth-order valence-corrected chi connectivity index (χ4v) is 3.84. The average molecular weight is 396 g/mol. The predicted molar refractivity (Wildman–Crippen MR) is 108 cm³/mol. The van der Waals surface area contributed by atoms with Crippen LogP contribution in [0.1, 0.15) is 41.9 Å². The molecular weight excluding hydrogens is 372 g/mol. The standard InChI is InChI=1S/C22H24N2O5/c1-3-14(25)11-23-19(26)10-16-13(2)20-18(29-22(16)27)7-6-15-17(12-28-21(15)20)24-8-4-5-9-24/h4-9,12,14-15,21,25H,3,10-11H2,1-2H3,(H,23,26). The van der Waals surface area contributed by atoms with Crippen molar-refractivity contribution in [3.05, 3.63) is 69.7 Å². The first kappa shape index (κ1) is 19.3. The number of nitrogens with zero attached hydrogens (tertiary/aromatic N) is 1. The van der Waals surface area contributed by atoms with Crippen molar-refractivity contribution in [2.75, 3.05) is 6.54 Å². The van der Waals surface area contributed by atoms with Crippen molar-refractivity contribution in [2.24, 2.45) is 5.92 Å². The van der Waals surface area contributed by atoms with Crippen molar-refractivity contribution >= 4 is 17.7 Å². The summed E-state index contributed by atoms with van der Waals surface area (Å²) in [7, 11) is 0. The fraction of sp³-hybridized carbons (Fsp3) is 0.364. The molecule has 29 heavy (non-hydrogen) atoms. The van der Waals surface area contributed by atoms with Gasteiger partial charge in [-0.15, -0.1) is 0 Å². The number of rotatable bonds is 6. The molecule has 0 aromatic carbocycles. The molecule has 1 aliphatic carbocycles. The molecule has 2 aromatic heterocycles. The van der Waals surface area contributed by atoms with E-state index in [9.17, 15) is 14.7 Å². The third-order valence-electron chi connectivity index (χ3n) is 5.56. The van der Waals surface area contributed by atoms with Crippen LogP contribution < -0.4 is 10.9 Å². The van der Waals surface area contributed by atoms with Crippen LogP contribution in [0.3, 0.4) is 0 Å². The molecule has 152 valence electrons. The molecule has 0 bridgehead atoms. The van der Waals surface area contributed by atoms with Gasteiger partial charge < -0.3 is 24.1 Å². The van der Waals surface area contributed by atoms with Gasteiger partial charge in [0, 0.05) is 24.5 Å². The van der Waals surface area contributed by atoms with E-state index < -0.39 is 11.7 Å². The molecule has 0 spiro atoms. The van der Waals surface area contributed by atoms with E-state index in [1.165, 1.54) is 0 Å². The Morgan fingerprint density at radius 2 is 2.10 bits per heavy atom. The van der Waals surface area contributed by atoms with E-state index in [1.807, 2.05) is 49.0 Å². The first-order valence-electron chi connectivity index (χ1n) is 9.78. The van der Waals surface area contributed by atoms with Crippen molar-refractivity contribution in [1.82, 2.24) is 9.88 Å². The lowest BCUT2D eigenvalue weighted by Crippen LogP contribution is -2.34. The van der Waals surface area contributed by atoms with Gasteiger partial charge in [-0.2, -0.15) is 0 Å². The Labute approximate surface area is 168 Å². The van der Waals surface area contributed by atoms with Gasteiger partial charge in [0.15, 0.2) is 0 Å². The predicted octanol–water partition coefficient (Wildman–Crippen LogP) is 2.39. The second-order valence-corrected chi connectivity index (χ2v) is 7.39. The molecule has 3 unspecified atom stereocenters. The van der Waals surface area contributed by atoms with Crippen LogP contribution in [0, 0.1) is 12.8 Å². The molecular formula is C22H24N2O5. The summed E-state index contributed by atoms with van der Waals surface area (Å²) < 4.78 is 13.5. The minimum atomic E-state index is -0.601. The molecule has 2 aromatic rings. The minimum absolute atomic E-state index is 0.0114. The lowest BCUT2D eigenvalue weighted by molar-refractivity contribution is -0.120. The van der Waals surface area contributed by atoms with E-state index in [1.54, 1.807) is 12.3 Å². The van der Waals surface area contributed by atoms with Crippen LogP contribution in [-0.2, 0) is 16.0 Å². The quantitative estimate of drug-likeness (QED) is 0.782. The Morgan fingerprint density at radius 1 is 1.34 bits per heavy atom. The monoisotopic (exact) mass is 396 g/mol. The van der Waals surface area contributed by atoms with Crippen molar-refractivity contribution in [3.8, 4) is 0 Å². The van der Waals surface area contributed by atoms with Gasteiger partial charge in [0.1, 0.15) is 18.1 Å². The Hall–Kier alpha value is -3.06. The van der Waals surface area contributed by atoms with Crippen LogP contribution in [-0.4, -0.2) is 28.2 Å². The molecule has 0 saturated heterocycles. The second-order valence-electron chi connectivity index (χ2n) is 7.39. The zero-order valence-electron chi connectivity index (χ0n) is 16.4. The van der Waals surface area contributed by atoms with E-state index in [0.29, 0.717) is 23.3 Å². The van der Waals surface area contributed by atoms with Gasteiger partial charge in [-0.1, -0.05) is 13.0 Å². The van der Waals surface area contributed by atoms with E-state index in [2.05, 4.69) is 5.32 Å². The first-order chi connectivity index (χ1) is 14.0. The minimum Gasteiger partial charge on any atom is -0.490 e. The molecule has 0 fully saturated rings. The molecule has 1 amide bonds. The summed E-state index contributed by atoms with van der Waals surface area (Å²) in [5.74, 6) is 0.137. The molecule has 3 heterocycles. The first-order valence-corrected chi connectivity index (χ1v) is 9.78. The van der Waals surface area contributed by atoms with Crippen LogP contribution in [0.25, 0.3) is 11.8 Å². The highest BCUT2D eigenvalue weighted by Gasteiger charge is 2.38. The summed E-state index contributed by atoms with van der Waals surface area (Å²) >= 11 is 0. The van der Waals surface area contributed by atoms with E-state index in [-0.39, 0.29) is 30.9 Å². The van der Waals surface area contributed by atoms with Crippen molar-refractivity contribution in [3.63, 3.8) is 0 Å². The number of hydrogen-bond acceptors (Lipinski definition) is 5. The van der Waals surface area contributed by atoms with Gasteiger partial charge in [-0.05, 0) is 37.1 Å². The summed E-state index contributed by atoms with van der Waals surface area (Å²) in [6.07, 6.45) is 8.97. The lowest BCUT2D eigenvalue weighted by atomic mass is 9.85. The Morgan fingerprint density at radius 3 is 2.83 bits per heavy atom. The smallest absolute Gasteiger partial charge is 0.340 e. The van der Waals surface area contributed by atoms with E-state index >= 15 is 0 Å². The number of aromatic nitrogens is 1. The van der Waals surface area contributed by atoms with Crippen LogP contribution in [0.15, 0.2) is 46.1 Å². The van der Waals surface area contributed by atoms with E-state index in [4.69, 9.17) is 9.15 Å². The summed E-state index contributed by atoms with van der Waals surface area (Å²) in [4.78, 5) is 24.8. The summed E-state index contributed by atoms with van der Waals surface area (Å²) in [5, 5.41) is 12.3. The lowest BCUT2D eigenvalue weighted by Gasteiger charge is -2.26. The third kappa shape index (κ3) is 3.53. The third-order valence-corrected chi connectivity index (χ3v) is 5.56. The second kappa shape index (κ2) is 7.75. The van der Waals surface area contributed by atoms with Crippen LogP contribution >= 0.6 is 0 Å². The number of nitrogens with one attached hydrogen (secondary N) is 1. The summed E-state index contributed by atoms with van der Waals surface area (Å²) in [5.41, 5.74) is 2.31. The molecule has 0 radical (unpaired) electrons. The van der Waals surface area contributed by atoms with Crippen LogP contribution in [0.4, 0.5) is 0 Å². The molecule has 2 N–H and O–H groups in total. The topological polar surface area (TPSA) is 93.7 Å². The van der Waals surface area contributed by atoms with Crippen molar-refractivity contribution < 1.29 is 19.1 Å². The fourth-order valence-electron chi connectivity index (χ4n) is 3.84. The normalized spacial score (nSPS) is 20.4. The molecule has 1 aliphatic heterocycles. The Bertz CT molecular complexity index is 1030. The number of hydrogen-bond donors (Lipinski definition) is 2. The van der Waals surface area contributed by atoms with Gasteiger partial charge in [-0.25, -0.2) is 4.79 Å². The molecule has 4 rings (SSSR count). The molecule has 3 atom stereocenters. The maximum absolute atomic E-state index is 12.5.